The van der Waals surface area contributed by atoms with Crippen LogP contribution in [0.4, 0.5) is 0 Å². The molecule has 0 bridgehead atoms. The van der Waals surface area contributed by atoms with Crippen LogP contribution in [0.15, 0.2) is 23.5 Å². The Morgan fingerprint density at radius 2 is 1.91 bits per heavy atom. The summed E-state index contributed by atoms with van der Waals surface area (Å²) in [6, 6.07) is 0. The molecule has 0 saturated heterocycles. The molecule has 0 radical (unpaired) electrons. The first-order valence-electron chi connectivity index (χ1n) is 4.18. The van der Waals surface area contributed by atoms with E-state index in [2.05, 4.69) is 26.0 Å². The number of allylic oxidation sites excluding steroid dienone is 4. The van der Waals surface area contributed by atoms with Gasteiger partial charge in [-0.05, 0) is 33.3 Å². The number of rotatable bonds is 4. The molecule has 1 nitrogen and oxygen atoms in total. The predicted molar refractivity (Wildman–Crippen MR) is 49.4 cm³/mol. The van der Waals surface area contributed by atoms with Crippen molar-refractivity contribution in [1.82, 2.24) is 0 Å². The quantitative estimate of drug-likeness (QED) is 0.446. The summed E-state index contributed by atoms with van der Waals surface area (Å²) in [5, 5.41) is 0. The Balaban J connectivity index is 3.96. The Morgan fingerprint density at radius 3 is 2.36 bits per heavy atom. The summed E-state index contributed by atoms with van der Waals surface area (Å²) in [4.78, 5) is 0. The molecule has 0 atom stereocenters. The first-order chi connectivity index (χ1) is 5.20. The van der Waals surface area contributed by atoms with E-state index in [0.29, 0.717) is 0 Å². The maximum atomic E-state index is 5.28. The maximum absolute atomic E-state index is 5.28. The largest absolute Gasteiger partial charge is 0.499 e. The molecule has 0 aromatic carbocycles. The standard InChI is InChI=1S/C10H18O/c1-5-7-9(3)8-10(4)11-6-2/h7-8H,5-6H2,1-4H3/b9-7-,10-8+. The predicted octanol–water partition coefficient (Wildman–Crippen LogP) is 3.28. The molecule has 0 spiro atoms. The van der Waals surface area contributed by atoms with Crippen molar-refractivity contribution < 1.29 is 4.74 Å². The SMILES string of the molecule is CC/C=C(C)\C=C(/C)OCC. The fourth-order valence-corrected chi connectivity index (χ4v) is 0.971. The van der Waals surface area contributed by atoms with Crippen molar-refractivity contribution in [1.29, 1.82) is 0 Å². The van der Waals surface area contributed by atoms with Gasteiger partial charge < -0.3 is 4.74 Å². The van der Waals surface area contributed by atoms with Crippen molar-refractivity contribution in [2.75, 3.05) is 6.61 Å². The second-order valence-corrected chi connectivity index (χ2v) is 2.54. The highest BCUT2D eigenvalue weighted by Crippen LogP contribution is 2.03. The second kappa shape index (κ2) is 6.02. The molecule has 0 rings (SSSR count). The summed E-state index contributed by atoms with van der Waals surface area (Å²) >= 11 is 0. The van der Waals surface area contributed by atoms with Gasteiger partial charge in [-0.25, -0.2) is 0 Å². The lowest BCUT2D eigenvalue weighted by Gasteiger charge is -2.01. The molecule has 1 heteroatoms. The molecule has 0 N–H and O–H groups in total. The van der Waals surface area contributed by atoms with E-state index in [1.807, 2.05) is 13.8 Å². The van der Waals surface area contributed by atoms with Crippen molar-refractivity contribution in [2.24, 2.45) is 0 Å². The van der Waals surface area contributed by atoms with E-state index in [9.17, 15) is 0 Å². The molecule has 0 aliphatic carbocycles. The van der Waals surface area contributed by atoms with E-state index in [-0.39, 0.29) is 0 Å². The van der Waals surface area contributed by atoms with Gasteiger partial charge in [0.1, 0.15) is 0 Å². The van der Waals surface area contributed by atoms with Crippen LogP contribution in [0.5, 0.6) is 0 Å². The average molecular weight is 154 g/mol. The van der Waals surface area contributed by atoms with Gasteiger partial charge in [-0.3, -0.25) is 0 Å². The van der Waals surface area contributed by atoms with Crippen molar-refractivity contribution in [3.8, 4) is 0 Å². The molecule has 0 unspecified atom stereocenters. The molecule has 0 fully saturated rings. The highest BCUT2D eigenvalue weighted by Gasteiger charge is 1.87. The highest BCUT2D eigenvalue weighted by molar-refractivity contribution is 5.17. The minimum atomic E-state index is 0.752. The third-order valence-electron chi connectivity index (χ3n) is 1.33. The Kier molecular flexibility index (Phi) is 5.63. The van der Waals surface area contributed by atoms with Gasteiger partial charge in [0.05, 0.1) is 12.4 Å². The maximum Gasteiger partial charge on any atom is 0.0931 e. The molecule has 0 aliphatic heterocycles. The van der Waals surface area contributed by atoms with Crippen LogP contribution in [0.1, 0.15) is 34.1 Å². The summed E-state index contributed by atoms with van der Waals surface area (Å²) in [6.45, 7) is 8.95. The molecular weight excluding hydrogens is 136 g/mol. The number of hydrogen-bond donors (Lipinski definition) is 0. The van der Waals surface area contributed by atoms with Gasteiger partial charge in [0.2, 0.25) is 0 Å². The van der Waals surface area contributed by atoms with E-state index in [0.717, 1.165) is 18.8 Å². The van der Waals surface area contributed by atoms with Crippen molar-refractivity contribution in [3.63, 3.8) is 0 Å². The third kappa shape index (κ3) is 5.71. The van der Waals surface area contributed by atoms with Gasteiger partial charge in [0.15, 0.2) is 0 Å². The number of hydrogen-bond acceptors (Lipinski definition) is 1. The van der Waals surface area contributed by atoms with Crippen LogP contribution in [0, 0.1) is 0 Å². The number of ether oxygens (including phenoxy) is 1. The summed E-state index contributed by atoms with van der Waals surface area (Å²) in [7, 11) is 0. The Hall–Kier alpha value is -0.720. The monoisotopic (exact) mass is 154 g/mol. The topological polar surface area (TPSA) is 9.23 Å². The minimum Gasteiger partial charge on any atom is -0.499 e. The van der Waals surface area contributed by atoms with Crippen LogP contribution in [0.25, 0.3) is 0 Å². The molecule has 11 heavy (non-hydrogen) atoms. The normalized spacial score (nSPS) is 13.5. The first-order valence-corrected chi connectivity index (χ1v) is 4.18. The molecule has 0 aromatic rings. The Labute approximate surface area is 69.8 Å². The van der Waals surface area contributed by atoms with Crippen molar-refractivity contribution in [2.45, 2.75) is 34.1 Å². The zero-order valence-corrected chi connectivity index (χ0v) is 7.98. The summed E-state index contributed by atoms with van der Waals surface area (Å²) in [5.74, 6) is 0.995. The van der Waals surface area contributed by atoms with E-state index >= 15 is 0 Å². The molecule has 0 aromatic heterocycles. The Morgan fingerprint density at radius 1 is 1.27 bits per heavy atom. The minimum absolute atomic E-state index is 0.752. The summed E-state index contributed by atoms with van der Waals surface area (Å²) in [5.41, 5.74) is 1.28. The van der Waals surface area contributed by atoms with E-state index < -0.39 is 0 Å². The third-order valence-corrected chi connectivity index (χ3v) is 1.33. The van der Waals surface area contributed by atoms with Crippen molar-refractivity contribution in [3.05, 3.63) is 23.5 Å². The molecule has 0 saturated carbocycles. The van der Waals surface area contributed by atoms with Crippen LogP contribution in [0.2, 0.25) is 0 Å². The van der Waals surface area contributed by atoms with Gasteiger partial charge in [-0.15, -0.1) is 0 Å². The second-order valence-electron chi connectivity index (χ2n) is 2.54. The average Bonchev–Trinajstić information content (AvgIpc) is 1.87. The fraction of sp³-hybridized carbons (Fsp3) is 0.600. The lowest BCUT2D eigenvalue weighted by molar-refractivity contribution is 0.231. The van der Waals surface area contributed by atoms with Crippen molar-refractivity contribution >= 4 is 0 Å². The summed E-state index contributed by atoms with van der Waals surface area (Å²) in [6.07, 6.45) is 5.33. The van der Waals surface area contributed by atoms with Gasteiger partial charge >= 0.3 is 0 Å². The summed E-state index contributed by atoms with van der Waals surface area (Å²) < 4.78 is 5.28. The zero-order chi connectivity index (χ0) is 8.69. The smallest absolute Gasteiger partial charge is 0.0931 e. The van der Waals surface area contributed by atoms with Crippen LogP contribution in [0.3, 0.4) is 0 Å². The van der Waals surface area contributed by atoms with E-state index in [4.69, 9.17) is 4.74 Å². The Bertz CT molecular complexity index is 154. The first kappa shape index (κ1) is 10.3. The molecular formula is C10H18O. The van der Waals surface area contributed by atoms with Crippen LogP contribution in [-0.4, -0.2) is 6.61 Å². The zero-order valence-electron chi connectivity index (χ0n) is 7.98. The molecule has 64 valence electrons. The lowest BCUT2D eigenvalue weighted by Crippen LogP contribution is -1.86. The van der Waals surface area contributed by atoms with Crippen LogP contribution >= 0.6 is 0 Å². The van der Waals surface area contributed by atoms with Gasteiger partial charge in [-0.2, -0.15) is 0 Å². The van der Waals surface area contributed by atoms with Gasteiger partial charge in [0, 0.05) is 0 Å². The molecule has 0 aliphatic rings. The van der Waals surface area contributed by atoms with E-state index in [1.54, 1.807) is 0 Å². The van der Waals surface area contributed by atoms with Gasteiger partial charge in [-0.1, -0.05) is 18.6 Å². The fourth-order valence-electron chi connectivity index (χ4n) is 0.971. The van der Waals surface area contributed by atoms with Crippen LogP contribution < -0.4 is 0 Å². The molecule has 0 amide bonds. The lowest BCUT2D eigenvalue weighted by atomic mass is 10.2. The molecule has 0 heterocycles. The van der Waals surface area contributed by atoms with E-state index in [1.165, 1.54) is 5.57 Å². The van der Waals surface area contributed by atoms with Gasteiger partial charge in [0.25, 0.3) is 0 Å². The highest BCUT2D eigenvalue weighted by atomic mass is 16.5. The van der Waals surface area contributed by atoms with Crippen LogP contribution in [-0.2, 0) is 4.74 Å².